The van der Waals surface area contributed by atoms with Gasteiger partial charge >= 0.3 is 5.97 Å². The molecule has 0 saturated carbocycles. The summed E-state index contributed by atoms with van der Waals surface area (Å²) in [5.74, 6) is -1.44. The molecule has 0 radical (unpaired) electrons. The van der Waals surface area contributed by atoms with Gasteiger partial charge in [-0.05, 0) is 44.0 Å². The summed E-state index contributed by atoms with van der Waals surface area (Å²) in [6, 6.07) is 2.50. The van der Waals surface area contributed by atoms with E-state index >= 15 is 0 Å². The van der Waals surface area contributed by atoms with Gasteiger partial charge in [0.1, 0.15) is 6.04 Å². The van der Waals surface area contributed by atoms with E-state index in [0.717, 1.165) is 11.1 Å². The number of halogens is 1. The van der Waals surface area contributed by atoms with Crippen LogP contribution in [0, 0.1) is 13.8 Å². The molecule has 1 aromatic rings. The van der Waals surface area contributed by atoms with E-state index < -0.39 is 17.9 Å². The largest absolute Gasteiger partial charge is 0.480 e. The summed E-state index contributed by atoms with van der Waals surface area (Å²) < 4.78 is 0. The van der Waals surface area contributed by atoms with Crippen LogP contribution in [0.15, 0.2) is 12.1 Å². The molecule has 0 aromatic heterocycles. The monoisotopic (exact) mass is 269 g/mol. The molecule has 0 bridgehead atoms. The normalized spacial score (nSPS) is 12.1. The molecule has 1 N–H and O–H groups in total. The second-order valence-corrected chi connectivity index (χ2v) is 4.75. The maximum Gasteiger partial charge on any atom is 0.326 e. The molecule has 0 heterocycles. The number of rotatable bonds is 3. The van der Waals surface area contributed by atoms with Crippen LogP contribution in [0.4, 0.5) is 0 Å². The Bertz CT molecular complexity index is 499. The molecule has 18 heavy (non-hydrogen) atoms. The SMILES string of the molecule is Cc1cc(Cl)c(C(=O)N(C)C(C)C(=O)O)cc1C. The molecule has 4 nitrogen and oxygen atoms in total. The van der Waals surface area contributed by atoms with Crippen molar-refractivity contribution in [2.24, 2.45) is 0 Å². The van der Waals surface area contributed by atoms with Crippen molar-refractivity contribution in [2.75, 3.05) is 7.05 Å². The zero-order valence-electron chi connectivity index (χ0n) is 10.8. The van der Waals surface area contributed by atoms with Gasteiger partial charge in [-0.25, -0.2) is 4.79 Å². The number of carboxylic acid groups (broad SMARTS) is 1. The van der Waals surface area contributed by atoms with Crippen molar-refractivity contribution in [1.82, 2.24) is 4.90 Å². The van der Waals surface area contributed by atoms with Crippen molar-refractivity contribution >= 4 is 23.5 Å². The standard InChI is InChI=1S/C13H16ClNO3/c1-7-5-10(11(14)6-8(7)2)12(16)15(4)9(3)13(17)18/h5-6,9H,1-4H3,(H,17,18). The lowest BCUT2D eigenvalue weighted by Crippen LogP contribution is -2.40. The highest BCUT2D eigenvalue weighted by atomic mass is 35.5. The Morgan fingerprint density at radius 1 is 1.28 bits per heavy atom. The van der Waals surface area contributed by atoms with Gasteiger partial charge in [0.05, 0.1) is 10.6 Å². The number of carbonyl (C=O) groups excluding carboxylic acids is 1. The fraction of sp³-hybridized carbons (Fsp3) is 0.385. The molecular formula is C13H16ClNO3. The van der Waals surface area contributed by atoms with Crippen LogP contribution in [-0.2, 0) is 4.79 Å². The van der Waals surface area contributed by atoms with Crippen molar-refractivity contribution in [3.05, 3.63) is 33.8 Å². The predicted molar refractivity (Wildman–Crippen MR) is 70.1 cm³/mol. The average Bonchev–Trinajstić information content (AvgIpc) is 2.30. The van der Waals surface area contributed by atoms with E-state index in [4.69, 9.17) is 16.7 Å². The lowest BCUT2D eigenvalue weighted by atomic mass is 10.0. The molecule has 1 amide bonds. The quantitative estimate of drug-likeness (QED) is 0.917. The first-order chi connectivity index (χ1) is 8.25. The molecule has 0 saturated heterocycles. The van der Waals surface area contributed by atoms with Crippen LogP contribution in [0.1, 0.15) is 28.4 Å². The van der Waals surface area contributed by atoms with Gasteiger partial charge in [-0.1, -0.05) is 11.6 Å². The van der Waals surface area contributed by atoms with E-state index in [1.54, 1.807) is 12.1 Å². The zero-order chi connectivity index (χ0) is 14.0. The van der Waals surface area contributed by atoms with Crippen LogP contribution in [0.3, 0.4) is 0 Å². The van der Waals surface area contributed by atoms with Gasteiger partial charge < -0.3 is 10.0 Å². The molecule has 1 aromatic carbocycles. The highest BCUT2D eigenvalue weighted by Crippen LogP contribution is 2.22. The number of nitrogens with zero attached hydrogens (tertiary/aromatic N) is 1. The molecule has 98 valence electrons. The molecule has 1 rings (SSSR count). The average molecular weight is 270 g/mol. The molecule has 1 atom stereocenters. The van der Waals surface area contributed by atoms with Crippen molar-refractivity contribution in [3.63, 3.8) is 0 Å². The lowest BCUT2D eigenvalue weighted by Gasteiger charge is -2.22. The molecule has 5 heteroatoms. The number of benzene rings is 1. The summed E-state index contributed by atoms with van der Waals surface area (Å²) in [7, 11) is 1.45. The number of hydrogen-bond acceptors (Lipinski definition) is 2. The number of likely N-dealkylation sites (N-methyl/N-ethyl adjacent to an activating group) is 1. The fourth-order valence-electron chi connectivity index (χ4n) is 1.48. The Morgan fingerprint density at radius 2 is 1.78 bits per heavy atom. The lowest BCUT2D eigenvalue weighted by molar-refractivity contribution is -0.141. The van der Waals surface area contributed by atoms with E-state index in [9.17, 15) is 9.59 Å². The zero-order valence-corrected chi connectivity index (χ0v) is 11.6. The maximum atomic E-state index is 12.2. The Labute approximate surface area is 111 Å². The summed E-state index contributed by atoms with van der Waals surface area (Å²) in [4.78, 5) is 24.2. The third-order valence-electron chi connectivity index (χ3n) is 3.07. The van der Waals surface area contributed by atoms with Crippen molar-refractivity contribution in [1.29, 1.82) is 0 Å². The van der Waals surface area contributed by atoms with Crippen LogP contribution in [0.2, 0.25) is 5.02 Å². The van der Waals surface area contributed by atoms with Crippen LogP contribution in [0.25, 0.3) is 0 Å². The topological polar surface area (TPSA) is 57.6 Å². The fourth-order valence-corrected chi connectivity index (χ4v) is 1.78. The molecule has 0 aliphatic carbocycles. The minimum absolute atomic E-state index is 0.329. The second-order valence-electron chi connectivity index (χ2n) is 4.35. The molecule has 0 fully saturated rings. The number of amides is 1. The summed E-state index contributed by atoms with van der Waals surface area (Å²) >= 11 is 6.03. The van der Waals surface area contributed by atoms with Crippen molar-refractivity contribution in [3.8, 4) is 0 Å². The third-order valence-corrected chi connectivity index (χ3v) is 3.39. The third kappa shape index (κ3) is 2.82. The number of aliphatic carboxylic acids is 1. The van der Waals surface area contributed by atoms with Gasteiger partial charge in [0, 0.05) is 7.05 Å². The van der Waals surface area contributed by atoms with E-state index in [1.807, 2.05) is 13.8 Å². The van der Waals surface area contributed by atoms with Gasteiger partial charge in [0.25, 0.3) is 5.91 Å². The summed E-state index contributed by atoms with van der Waals surface area (Å²) in [5, 5.41) is 9.23. The van der Waals surface area contributed by atoms with Crippen molar-refractivity contribution in [2.45, 2.75) is 26.8 Å². The first-order valence-corrected chi connectivity index (χ1v) is 5.90. The van der Waals surface area contributed by atoms with E-state index in [2.05, 4.69) is 0 Å². The Hall–Kier alpha value is -1.55. The Balaban J connectivity index is 3.11. The molecular weight excluding hydrogens is 254 g/mol. The number of carboxylic acids is 1. The first-order valence-electron chi connectivity index (χ1n) is 5.52. The number of hydrogen-bond donors (Lipinski definition) is 1. The van der Waals surface area contributed by atoms with Crippen molar-refractivity contribution < 1.29 is 14.7 Å². The van der Waals surface area contributed by atoms with Crippen LogP contribution in [-0.4, -0.2) is 35.0 Å². The van der Waals surface area contributed by atoms with E-state index in [0.29, 0.717) is 10.6 Å². The van der Waals surface area contributed by atoms with Gasteiger partial charge in [0.2, 0.25) is 0 Å². The highest BCUT2D eigenvalue weighted by Gasteiger charge is 2.24. The van der Waals surface area contributed by atoms with Gasteiger partial charge in [-0.3, -0.25) is 4.79 Å². The van der Waals surface area contributed by atoms with Gasteiger partial charge in [-0.2, -0.15) is 0 Å². The summed E-state index contributed by atoms with van der Waals surface area (Å²) in [6.07, 6.45) is 0. The minimum Gasteiger partial charge on any atom is -0.480 e. The second kappa shape index (κ2) is 5.40. The molecule has 0 aliphatic heterocycles. The van der Waals surface area contributed by atoms with Gasteiger partial charge in [-0.15, -0.1) is 0 Å². The minimum atomic E-state index is -1.05. The predicted octanol–water partition coefficient (Wildman–Crippen LogP) is 2.50. The van der Waals surface area contributed by atoms with Crippen LogP contribution in [0.5, 0.6) is 0 Å². The maximum absolute atomic E-state index is 12.2. The summed E-state index contributed by atoms with van der Waals surface area (Å²) in [6.45, 7) is 5.23. The highest BCUT2D eigenvalue weighted by molar-refractivity contribution is 6.34. The number of aryl methyl sites for hydroxylation is 2. The smallest absolute Gasteiger partial charge is 0.326 e. The molecule has 0 spiro atoms. The Morgan fingerprint density at radius 3 is 2.28 bits per heavy atom. The number of carbonyl (C=O) groups is 2. The summed E-state index contributed by atoms with van der Waals surface area (Å²) in [5.41, 5.74) is 2.26. The van der Waals surface area contributed by atoms with E-state index in [-0.39, 0.29) is 0 Å². The first kappa shape index (κ1) is 14.5. The Kier molecular flexibility index (Phi) is 4.35. The van der Waals surface area contributed by atoms with Gasteiger partial charge in [0.15, 0.2) is 0 Å². The van der Waals surface area contributed by atoms with Crippen LogP contribution < -0.4 is 0 Å². The van der Waals surface area contributed by atoms with E-state index in [1.165, 1.54) is 18.9 Å². The molecule has 1 unspecified atom stereocenters. The van der Waals surface area contributed by atoms with Crippen LogP contribution >= 0.6 is 11.6 Å². The molecule has 0 aliphatic rings.